The number of allylic oxidation sites excluding steroid dienone is 3. The van der Waals surface area contributed by atoms with Crippen molar-refractivity contribution in [1.29, 1.82) is 0 Å². The van der Waals surface area contributed by atoms with Crippen molar-refractivity contribution in [2.75, 3.05) is 0 Å². The highest BCUT2D eigenvalue weighted by molar-refractivity contribution is 5.10. The van der Waals surface area contributed by atoms with Gasteiger partial charge in [-0.15, -0.1) is 0 Å². The van der Waals surface area contributed by atoms with E-state index in [1.54, 1.807) is 0 Å². The van der Waals surface area contributed by atoms with Gasteiger partial charge in [0.2, 0.25) is 0 Å². The second kappa shape index (κ2) is 2.70. The van der Waals surface area contributed by atoms with Gasteiger partial charge in [-0.05, 0) is 13.8 Å². The maximum Gasteiger partial charge on any atom is -0.0401 e. The molecule has 6 heavy (non-hydrogen) atoms. The van der Waals surface area contributed by atoms with Crippen molar-refractivity contribution < 1.29 is 0 Å². The lowest BCUT2D eigenvalue weighted by atomic mass is 10.3. The highest BCUT2D eigenvalue weighted by Crippen LogP contribution is 1.88. The van der Waals surface area contributed by atoms with Gasteiger partial charge in [-0.25, -0.2) is 0 Å². The largest absolute Gasteiger partial charge is 0.0988 e. The highest BCUT2D eigenvalue weighted by atomic mass is 13.7. The van der Waals surface area contributed by atoms with Crippen LogP contribution in [0.1, 0.15) is 13.8 Å². The summed E-state index contributed by atoms with van der Waals surface area (Å²) in [5.41, 5.74) is 1.23. The Balaban J connectivity index is 3.50. The van der Waals surface area contributed by atoms with Crippen LogP contribution in [0.3, 0.4) is 0 Å². The molecule has 0 rings (SSSR count). The molecule has 0 heteroatoms. The third-order valence-electron chi connectivity index (χ3n) is 0.777. The molecule has 0 saturated carbocycles. The van der Waals surface area contributed by atoms with Crippen LogP contribution in [0.25, 0.3) is 0 Å². The molecule has 0 aliphatic rings. The molecule has 0 heterocycles. The van der Waals surface area contributed by atoms with E-state index < -0.39 is 0 Å². The molecule has 0 aromatic heterocycles. The molecule has 0 fully saturated rings. The fourth-order valence-electron chi connectivity index (χ4n) is 0.118. The zero-order valence-electron chi connectivity index (χ0n) is 4.36. The van der Waals surface area contributed by atoms with Crippen molar-refractivity contribution in [2.45, 2.75) is 13.8 Å². The zero-order valence-corrected chi connectivity index (χ0v) is 4.36. The standard InChI is InChI=1S/C6H10/c1-4-6(3)5-2/h4-5H,1H2,2-3H3/b6-5-. The third-order valence-corrected chi connectivity index (χ3v) is 0.777. The van der Waals surface area contributed by atoms with Crippen LogP contribution in [0.5, 0.6) is 0 Å². The molecule has 0 aliphatic carbocycles. The molecule has 0 saturated heterocycles. The first-order valence-electron chi connectivity index (χ1n) is 2.06. The van der Waals surface area contributed by atoms with Crippen LogP contribution in [-0.2, 0) is 0 Å². The molecule has 0 aromatic rings. The van der Waals surface area contributed by atoms with Crippen molar-refractivity contribution in [3.8, 4) is 0 Å². The minimum absolute atomic E-state index is 1.23. The van der Waals surface area contributed by atoms with E-state index in [9.17, 15) is 0 Å². The van der Waals surface area contributed by atoms with E-state index in [2.05, 4.69) is 6.58 Å². The van der Waals surface area contributed by atoms with Crippen LogP contribution in [0.2, 0.25) is 0 Å². The average molecular weight is 82.1 g/mol. The molecule has 0 spiro atoms. The Morgan fingerprint density at radius 3 is 2.17 bits per heavy atom. The van der Waals surface area contributed by atoms with Crippen LogP contribution in [-0.4, -0.2) is 0 Å². The molecule has 0 unspecified atom stereocenters. The number of hydrogen-bond donors (Lipinski definition) is 0. The Morgan fingerprint density at radius 2 is 2.17 bits per heavy atom. The lowest BCUT2D eigenvalue weighted by Gasteiger charge is -1.78. The molecule has 0 bridgehead atoms. The van der Waals surface area contributed by atoms with Crippen LogP contribution in [0, 0.1) is 0 Å². The van der Waals surface area contributed by atoms with Crippen molar-refractivity contribution >= 4 is 0 Å². The SMILES string of the molecule is C=C/C(C)=C\C. The summed E-state index contributed by atoms with van der Waals surface area (Å²) < 4.78 is 0. The van der Waals surface area contributed by atoms with E-state index in [4.69, 9.17) is 0 Å². The smallest absolute Gasteiger partial charge is 0.0401 e. The van der Waals surface area contributed by atoms with Gasteiger partial charge in [0.05, 0.1) is 0 Å². The minimum Gasteiger partial charge on any atom is -0.0988 e. The Labute approximate surface area is 39.2 Å². The summed E-state index contributed by atoms with van der Waals surface area (Å²) in [6.07, 6.45) is 3.85. The van der Waals surface area contributed by atoms with E-state index in [-0.39, 0.29) is 0 Å². The summed E-state index contributed by atoms with van der Waals surface area (Å²) >= 11 is 0. The summed E-state index contributed by atoms with van der Waals surface area (Å²) in [6.45, 7) is 7.58. The quantitative estimate of drug-likeness (QED) is 0.425. The molecule has 0 aliphatic heterocycles. The number of hydrogen-bond acceptors (Lipinski definition) is 0. The number of rotatable bonds is 1. The van der Waals surface area contributed by atoms with Crippen molar-refractivity contribution in [2.24, 2.45) is 0 Å². The molecule has 0 aromatic carbocycles. The first kappa shape index (κ1) is 5.48. The van der Waals surface area contributed by atoms with Gasteiger partial charge in [0.25, 0.3) is 0 Å². The lowest BCUT2D eigenvalue weighted by Crippen LogP contribution is -1.57. The van der Waals surface area contributed by atoms with Crippen LogP contribution in [0.4, 0.5) is 0 Å². The van der Waals surface area contributed by atoms with E-state index >= 15 is 0 Å². The molecule has 0 radical (unpaired) electrons. The predicted octanol–water partition coefficient (Wildman–Crippen LogP) is 2.14. The van der Waals surface area contributed by atoms with E-state index in [1.165, 1.54) is 5.57 Å². The Bertz CT molecular complexity index is 68.1. The molecule has 0 nitrogen and oxygen atoms in total. The Kier molecular flexibility index (Phi) is 2.47. The van der Waals surface area contributed by atoms with E-state index in [0.717, 1.165) is 0 Å². The summed E-state index contributed by atoms with van der Waals surface area (Å²) in [6, 6.07) is 0. The Hall–Kier alpha value is -0.520. The maximum absolute atomic E-state index is 3.56. The lowest BCUT2D eigenvalue weighted by molar-refractivity contribution is 1.49. The molecule has 0 atom stereocenters. The van der Waals surface area contributed by atoms with Gasteiger partial charge in [0.15, 0.2) is 0 Å². The van der Waals surface area contributed by atoms with Crippen LogP contribution < -0.4 is 0 Å². The first-order chi connectivity index (χ1) is 2.81. The second-order valence-corrected chi connectivity index (χ2v) is 1.24. The second-order valence-electron chi connectivity index (χ2n) is 1.24. The van der Waals surface area contributed by atoms with Gasteiger partial charge in [0, 0.05) is 0 Å². The summed E-state index contributed by atoms with van der Waals surface area (Å²) in [5.74, 6) is 0. The normalized spacial score (nSPS) is 11.3. The molecular weight excluding hydrogens is 72.1 g/mol. The highest BCUT2D eigenvalue weighted by Gasteiger charge is 1.66. The van der Waals surface area contributed by atoms with Gasteiger partial charge >= 0.3 is 0 Å². The molecule has 34 valence electrons. The summed E-state index contributed by atoms with van der Waals surface area (Å²) in [5, 5.41) is 0. The van der Waals surface area contributed by atoms with Crippen LogP contribution in [0.15, 0.2) is 24.3 Å². The van der Waals surface area contributed by atoms with Crippen molar-refractivity contribution in [3.63, 3.8) is 0 Å². The minimum atomic E-state index is 1.23. The maximum atomic E-state index is 3.56. The average Bonchev–Trinajstić information content (AvgIpc) is 1.65. The van der Waals surface area contributed by atoms with Gasteiger partial charge < -0.3 is 0 Å². The monoisotopic (exact) mass is 82.1 g/mol. The van der Waals surface area contributed by atoms with Gasteiger partial charge in [0.1, 0.15) is 0 Å². The topological polar surface area (TPSA) is 0 Å². The first-order valence-corrected chi connectivity index (χ1v) is 2.06. The Morgan fingerprint density at radius 1 is 1.67 bits per heavy atom. The molecule has 0 N–H and O–H groups in total. The fraction of sp³-hybridized carbons (Fsp3) is 0.333. The summed E-state index contributed by atoms with van der Waals surface area (Å²) in [7, 11) is 0. The van der Waals surface area contributed by atoms with E-state index in [1.807, 2.05) is 26.0 Å². The zero-order chi connectivity index (χ0) is 4.99. The fourth-order valence-corrected chi connectivity index (χ4v) is 0.118. The van der Waals surface area contributed by atoms with Gasteiger partial charge in [-0.2, -0.15) is 0 Å². The third kappa shape index (κ3) is 1.77. The predicted molar refractivity (Wildman–Crippen MR) is 29.6 cm³/mol. The summed E-state index contributed by atoms with van der Waals surface area (Å²) in [4.78, 5) is 0. The van der Waals surface area contributed by atoms with Crippen molar-refractivity contribution in [1.82, 2.24) is 0 Å². The van der Waals surface area contributed by atoms with Gasteiger partial charge in [-0.3, -0.25) is 0 Å². The molecule has 0 amide bonds. The van der Waals surface area contributed by atoms with Crippen LogP contribution >= 0.6 is 0 Å². The van der Waals surface area contributed by atoms with Crippen molar-refractivity contribution in [3.05, 3.63) is 24.3 Å². The van der Waals surface area contributed by atoms with E-state index in [0.29, 0.717) is 0 Å². The van der Waals surface area contributed by atoms with Gasteiger partial charge in [-0.1, -0.05) is 24.3 Å². The molecular formula is C6H10.